The number of benzene rings is 1. The van der Waals surface area contributed by atoms with Crippen LogP contribution in [0.25, 0.3) is 0 Å². The van der Waals surface area contributed by atoms with E-state index in [1.54, 1.807) is 16.5 Å². The molecule has 1 saturated heterocycles. The molecule has 1 aliphatic heterocycles. The van der Waals surface area contributed by atoms with Gasteiger partial charge in [-0.25, -0.2) is 0 Å². The fourth-order valence-corrected chi connectivity index (χ4v) is 3.32. The zero-order valence-corrected chi connectivity index (χ0v) is 15.8. The Labute approximate surface area is 153 Å². The van der Waals surface area contributed by atoms with Gasteiger partial charge >= 0.3 is 0 Å². The summed E-state index contributed by atoms with van der Waals surface area (Å²) >= 11 is 0. The third-order valence-electron chi connectivity index (χ3n) is 4.96. The second-order valence-corrected chi connectivity index (χ2v) is 6.92. The van der Waals surface area contributed by atoms with Gasteiger partial charge in [-0.15, -0.1) is 0 Å². The zero-order valence-electron chi connectivity index (χ0n) is 15.8. The van der Waals surface area contributed by atoms with Crippen LogP contribution in [0.3, 0.4) is 0 Å². The Bertz CT molecular complexity index is 835. The standard InChI is InChI=1S/C20H25N3O3/c1-13-7-5-6-8-17(13)12-26-18-9-22(10-18)19(25)11-23-15(3)20(16(4)24)14(2)21-23/h5-8,18H,9-12H2,1-4H3. The summed E-state index contributed by atoms with van der Waals surface area (Å²) in [6, 6.07) is 8.15. The average Bonchev–Trinajstić information content (AvgIpc) is 2.81. The third kappa shape index (κ3) is 3.70. The van der Waals surface area contributed by atoms with E-state index in [9.17, 15) is 9.59 Å². The predicted molar refractivity (Wildman–Crippen MR) is 98.0 cm³/mol. The fourth-order valence-electron chi connectivity index (χ4n) is 3.32. The number of amides is 1. The first-order chi connectivity index (χ1) is 12.4. The number of aromatic nitrogens is 2. The smallest absolute Gasteiger partial charge is 0.244 e. The van der Waals surface area contributed by atoms with Crippen molar-refractivity contribution < 1.29 is 14.3 Å². The summed E-state index contributed by atoms with van der Waals surface area (Å²) in [6.07, 6.45) is 0.0757. The quantitative estimate of drug-likeness (QED) is 0.747. The number of nitrogens with zero attached hydrogens (tertiary/aromatic N) is 3. The zero-order chi connectivity index (χ0) is 18.8. The second kappa shape index (κ2) is 7.41. The number of hydrogen-bond donors (Lipinski definition) is 0. The van der Waals surface area contributed by atoms with E-state index in [4.69, 9.17) is 4.74 Å². The largest absolute Gasteiger partial charge is 0.370 e. The molecule has 0 spiro atoms. The highest BCUT2D eigenvalue weighted by Crippen LogP contribution is 2.18. The van der Waals surface area contributed by atoms with E-state index in [0.717, 1.165) is 5.69 Å². The first kappa shape index (κ1) is 18.3. The molecule has 1 aromatic heterocycles. The molecular weight excluding hydrogens is 330 g/mol. The van der Waals surface area contributed by atoms with Gasteiger partial charge in [-0.05, 0) is 38.8 Å². The lowest BCUT2D eigenvalue weighted by molar-refractivity contribution is -0.146. The predicted octanol–water partition coefficient (Wildman–Crippen LogP) is 2.44. The number of ether oxygens (including phenoxy) is 1. The normalized spacial score (nSPS) is 14.4. The maximum Gasteiger partial charge on any atom is 0.244 e. The molecule has 0 bridgehead atoms. The molecule has 0 unspecified atom stereocenters. The van der Waals surface area contributed by atoms with Gasteiger partial charge in [-0.2, -0.15) is 5.10 Å². The first-order valence-electron chi connectivity index (χ1n) is 8.85. The molecule has 2 aromatic rings. The maximum absolute atomic E-state index is 12.4. The Kier molecular flexibility index (Phi) is 5.23. The molecular formula is C20H25N3O3. The highest BCUT2D eigenvalue weighted by molar-refractivity contribution is 5.96. The van der Waals surface area contributed by atoms with Crippen molar-refractivity contribution in [3.05, 3.63) is 52.3 Å². The Hall–Kier alpha value is -2.47. The van der Waals surface area contributed by atoms with Crippen molar-refractivity contribution in [2.45, 2.75) is 47.0 Å². The summed E-state index contributed by atoms with van der Waals surface area (Å²) in [4.78, 5) is 25.9. The second-order valence-electron chi connectivity index (χ2n) is 6.92. The Morgan fingerprint density at radius 1 is 1.19 bits per heavy atom. The van der Waals surface area contributed by atoms with E-state index >= 15 is 0 Å². The Morgan fingerprint density at radius 2 is 1.88 bits per heavy atom. The number of carbonyl (C=O) groups is 2. The van der Waals surface area contributed by atoms with Crippen molar-refractivity contribution in [2.24, 2.45) is 0 Å². The van der Waals surface area contributed by atoms with E-state index in [0.29, 0.717) is 31.0 Å². The van der Waals surface area contributed by atoms with E-state index in [1.165, 1.54) is 18.1 Å². The van der Waals surface area contributed by atoms with Crippen LogP contribution >= 0.6 is 0 Å². The summed E-state index contributed by atoms with van der Waals surface area (Å²) in [6.45, 7) is 9.14. The van der Waals surface area contributed by atoms with E-state index in [1.807, 2.05) is 19.1 Å². The molecule has 1 aromatic carbocycles. The SMILES string of the molecule is CC(=O)c1c(C)nn(CC(=O)N2CC(OCc3ccccc3C)C2)c1C. The first-order valence-corrected chi connectivity index (χ1v) is 8.85. The van der Waals surface area contributed by atoms with Crippen LogP contribution < -0.4 is 0 Å². The van der Waals surface area contributed by atoms with E-state index < -0.39 is 0 Å². The number of hydrogen-bond acceptors (Lipinski definition) is 4. The molecule has 0 radical (unpaired) electrons. The highest BCUT2D eigenvalue weighted by atomic mass is 16.5. The van der Waals surface area contributed by atoms with E-state index in [-0.39, 0.29) is 24.3 Å². The minimum absolute atomic E-state index is 0.00134. The third-order valence-corrected chi connectivity index (χ3v) is 4.96. The van der Waals surface area contributed by atoms with Crippen molar-refractivity contribution >= 4 is 11.7 Å². The number of aryl methyl sites for hydroxylation is 2. The average molecular weight is 355 g/mol. The van der Waals surface area contributed by atoms with Crippen molar-refractivity contribution in [3.63, 3.8) is 0 Å². The molecule has 26 heavy (non-hydrogen) atoms. The molecule has 0 saturated carbocycles. The Balaban J connectivity index is 1.50. The van der Waals surface area contributed by atoms with Gasteiger partial charge in [-0.1, -0.05) is 24.3 Å². The minimum Gasteiger partial charge on any atom is -0.370 e. The molecule has 6 nitrogen and oxygen atoms in total. The van der Waals surface area contributed by atoms with Gasteiger partial charge < -0.3 is 9.64 Å². The van der Waals surface area contributed by atoms with Gasteiger partial charge in [0, 0.05) is 18.8 Å². The van der Waals surface area contributed by atoms with Crippen LogP contribution in [-0.2, 0) is 22.7 Å². The molecule has 1 aliphatic rings. The van der Waals surface area contributed by atoms with Crippen molar-refractivity contribution in [1.82, 2.24) is 14.7 Å². The van der Waals surface area contributed by atoms with Gasteiger partial charge in [0.25, 0.3) is 0 Å². The van der Waals surface area contributed by atoms with Gasteiger partial charge in [0.1, 0.15) is 6.54 Å². The number of carbonyl (C=O) groups excluding carboxylic acids is 2. The van der Waals surface area contributed by atoms with Crippen LogP contribution in [0.4, 0.5) is 0 Å². The van der Waals surface area contributed by atoms with Gasteiger partial charge in [0.05, 0.1) is 24.0 Å². The number of ketones is 1. The van der Waals surface area contributed by atoms with Crippen molar-refractivity contribution in [2.75, 3.05) is 13.1 Å². The number of rotatable bonds is 6. The van der Waals surface area contributed by atoms with E-state index in [2.05, 4.69) is 24.2 Å². The monoisotopic (exact) mass is 355 g/mol. The molecule has 1 fully saturated rings. The molecule has 3 rings (SSSR count). The Morgan fingerprint density at radius 3 is 2.50 bits per heavy atom. The van der Waals surface area contributed by atoms with Crippen LogP contribution in [0.1, 0.15) is 39.8 Å². The van der Waals surface area contributed by atoms with Gasteiger partial charge in [0.15, 0.2) is 5.78 Å². The lowest BCUT2D eigenvalue weighted by Crippen LogP contribution is -2.55. The van der Waals surface area contributed by atoms with Crippen molar-refractivity contribution in [3.8, 4) is 0 Å². The van der Waals surface area contributed by atoms with Crippen LogP contribution in [0.5, 0.6) is 0 Å². The lowest BCUT2D eigenvalue weighted by Gasteiger charge is -2.39. The summed E-state index contributed by atoms with van der Waals surface area (Å²) < 4.78 is 7.51. The minimum atomic E-state index is -0.0210. The highest BCUT2D eigenvalue weighted by Gasteiger charge is 2.32. The molecule has 0 atom stereocenters. The van der Waals surface area contributed by atoms with Gasteiger partial charge in [0.2, 0.25) is 5.91 Å². The maximum atomic E-state index is 12.4. The summed E-state index contributed by atoms with van der Waals surface area (Å²) in [5.74, 6) is -0.0197. The number of Topliss-reactive ketones (excluding diaryl/α,β-unsaturated/α-hetero) is 1. The summed E-state index contributed by atoms with van der Waals surface area (Å²) in [5.41, 5.74) is 4.42. The number of likely N-dealkylation sites (tertiary alicyclic amines) is 1. The summed E-state index contributed by atoms with van der Waals surface area (Å²) in [5, 5.41) is 4.33. The fraction of sp³-hybridized carbons (Fsp3) is 0.450. The molecule has 6 heteroatoms. The van der Waals surface area contributed by atoms with Crippen LogP contribution in [0.15, 0.2) is 24.3 Å². The van der Waals surface area contributed by atoms with Crippen LogP contribution in [0, 0.1) is 20.8 Å². The topological polar surface area (TPSA) is 64.4 Å². The molecule has 0 N–H and O–H groups in total. The van der Waals surface area contributed by atoms with Crippen LogP contribution in [0.2, 0.25) is 0 Å². The lowest BCUT2D eigenvalue weighted by atomic mass is 10.1. The van der Waals surface area contributed by atoms with Crippen molar-refractivity contribution in [1.29, 1.82) is 0 Å². The molecule has 0 aliphatic carbocycles. The molecule has 2 heterocycles. The van der Waals surface area contributed by atoms with Gasteiger partial charge in [-0.3, -0.25) is 14.3 Å². The molecule has 1 amide bonds. The van der Waals surface area contributed by atoms with Crippen LogP contribution in [-0.4, -0.2) is 45.6 Å². The molecule has 138 valence electrons. The summed E-state index contributed by atoms with van der Waals surface area (Å²) in [7, 11) is 0.